The van der Waals surface area contributed by atoms with E-state index in [4.69, 9.17) is 28.4 Å². The molecule has 0 unspecified atom stereocenters. The second-order valence-corrected chi connectivity index (χ2v) is 10.4. The van der Waals surface area contributed by atoms with Gasteiger partial charge >= 0.3 is 23.9 Å². The summed E-state index contributed by atoms with van der Waals surface area (Å²) >= 11 is 0. The SMILES string of the molecule is CC(=O)OC[C@H]1O[C@@H](O[C@H](CC=C(C)C)C2=CC(=O)c3c(O)ccc(O)c3C2=O)[C@H](OC(C)=O)[C@@H](OC(C)=O)[C@@H]1OC(C)=O. The molecule has 0 saturated carbocycles. The average molecular weight is 619 g/mol. The first-order valence-corrected chi connectivity index (χ1v) is 13.6. The van der Waals surface area contributed by atoms with Crippen molar-refractivity contribution in [3.8, 4) is 11.5 Å². The fourth-order valence-corrected chi connectivity index (χ4v) is 4.78. The van der Waals surface area contributed by atoms with Gasteiger partial charge in [-0.1, -0.05) is 11.6 Å². The summed E-state index contributed by atoms with van der Waals surface area (Å²) in [6, 6.07) is 2.14. The highest BCUT2D eigenvalue weighted by Crippen LogP contribution is 2.38. The summed E-state index contributed by atoms with van der Waals surface area (Å²) in [5, 5.41) is 20.7. The molecule has 14 heteroatoms. The number of fused-ring (bicyclic) bond motifs is 1. The third kappa shape index (κ3) is 8.08. The number of carbonyl (C=O) groups is 6. The molecule has 1 aliphatic carbocycles. The van der Waals surface area contributed by atoms with E-state index < -0.39 is 95.9 Å². The summed E-state index contributed by atoms with van der Waals surface area (Å²) in [5.41, 5.74) is -0.239. The van der Waals surface area contributed by atoms with Gasteiger partial charge in [0.15, 0.2) is 36.2 Å². The van der Waals surface area contributed by atoms with Crippen LogP contribution in [0.5, 0.6) is 11.5 Å². The van der Waals surface area contributed by atoms with Crippen LogP contribution in [0, 0.1) is 0 Å². The smallest absolute Gasteiger partial charge is 0.303 e. The normalized spacial score (nSPS) is 23.4. The third-order valence-electron chi connectivity index (χ3n) is 6.52. The molecular weight excluding hydrogens is 584 g/mol. The van der Waals surface area contributed by atoms with Crippen molar-refractivity contribution < 1.29 is 67.4 Å². The Labute approximate surface area is 252 Å². The van der Waals surface area contributed by atoms with Crippen molar-refractivity contribution in [1.29, 1.82) is 0 Å². The molecule has 1 aromatic carbocycles. The summed E-state index contributed by atoms with van der Waals surface area (Å²) in [6.45, 7) is 7.37. The summed E-state index contributed by atoms with van der Waals surface area (Å²) < 4.78 is 33.5. The highest BCUT2D eigenvalue weighted by atomic mass is 16.7. The van der Waals surface area contributed by atoms with Gasteiger partial charge in [0.1, 0.15) is 24.2 Å². The number of carbonyl (C=O) groups excluding carboxylic acids is 6. The fraction of sp³-hybridized carbons (Fsp3) is 0.467. The van der Waals surface area contributed by atoms with Crippen molar-refractivity contribution in [1.82, 2.24) is 0 Å². The Kier molecular flexibility index (Phi) is 11.0. The predicted octanol–water partition coefficient (Wildman–Crippen LogP) is 2.23. The number of rotatable bonds is 10. The van der Waals surface area contributed by atoms with Gasteiger partial charge in [0.05, 0.1) is 17.2 Å². The molecule has 0 aromatic heterocycles. The van der Waals surface area contributed by atoms with Crippen LogP contribution in [0.1, 0.15) is 68.7 Å². The van der Waals surface area contributed by atoms with Gasteiger partial charge in [-0.2, -0.15) is 0 Å². The molecule has 14 nitrogen and oxygen atoms in total. The van der Waals surface area contributed by atoms with Crippen molar-refractivity contribution in [2.75, 3.05) is 6.61 Å². The molecule has 44 heavy (non-hydrogen) atoms. The number of hydrogen-bond acceptors (Lipinski definition) is 14. The number of phenols is 2. The minimum Gasteiger partial charge on any atom is -0.507 e. The van der Waals surface area contributed by atoms with E-state index in [-0.39, 0.29) is 17.6 Å². The lowest BCUT2D eigenvalue weighted by molar-refractivity contribution is -0.314. The van der Waals surface area contributed by atoms with Crippen molar-refractivity contribution in [2.45, 2.75) is 84.8 Å². The lowest BCUT2D eigenvalue weighted by Gasteiger charge is -2.45. The molecule has 238 valence electrons. The van der Waals surface area contributed by atoms with E-state index in [9.17, 15) is 39.0 Å². The minimum absolute atomic E-state index is 0.0328. The van der Waals surface area contributed by atoms with Crippen molar-refractivity contribution in [3.63, 3.8) is 0 Å². The molecule has 1 saturated heterocycles. The van der Waals surface area contributed by atoms with Crippen LogP contribution in [0.3, 0.4) is 0 Å². The zero-order valence-electron chi connectivity index (χ0n) is 25.0. The van der Waals surface area contributed by atoms with Crippen LogP contribution in [0.2, 0.25) is 0 Å². The molecule has 0 amide bonds. The van der Waals surface area contributed by atoms with Crippen LogP contribution in [-0.4, -0.2) is 89.1 Å². The molecule has 6 atom stereocenters. The number of allylic oxidation sites excluding steroid dienone is 2. The van der Waals surface area contributed by atoms with Crippen LogP contribution in [0.4, 0.5) is 0 Å². The molecule has 2 N–H and O–H groups in total. The van der Waals surface area contributed by atoms with Gasteiger partial charge in [-0.25, -0.2) is 0 Å². The van der Waals surface area contributed by atoms with Crippen LogP contribution in [0.15, 0.2) is 35.4 Å². The maximum absolute atomic E-state index is 13.6. The molecule has 0 spiro atoms. The molecular formula is C30H34O14. The van der Waals surface area contributed by atoms with E-state index in [1.54, 1.807) is 19.9 Å². The van der Waals surface area contributed by atoms with Crippen molar-refractivity contribution in [3.05, 3.63) is 46.6 Å². The third-order valence-corrected chi connectivity index (χ3v) is 6.52. The molecule has 1 aromatic rings. The largest absolute Gasteiger partial charge is 0.507 e. The lowest BCUT2D eigenvalue weighted by Crippen LogP contribution is -2.63. The van der Waals surface area contributed by atoms with E-state index in [1.807, 2.05) is 0 Å². The maximum atomic E-state index is 13.6. The Morgan fingerprint density at radius 2 is 1.36 bits per heavy atom. The number of esters is 4. The van der Waals surface area contributed by atoms with Crippen molar-refractivity contribution >= 4 is 35.4 Å². The Balaban J connectivity index is 2.13. The van der Waals surface area contributed by atoms with Gasteiger partial charge in [-0.3, -0.25) is 28.8 Å². The number of ether oxygens (including phenoxy) is 6. The number of benzene rings is 1. The van der Waals surface area contributed by atoms with Gasteiger partial charge in [-0.15, -0.1) is 0 Å². The molecule has 0 bridgehead atoms. The molecule has 1 fully saturated rings. The molecule has 2 aliphatic rings. The van der Waals surface area contributed by atoms with E-state index in [2.05, 4.69) is 0 Å². The summed E-state index contributed by atoms with van der Waals surface area (Å²) in [5.74, 6) is -5.89. The molecule has 1 aliphatic heterocycles. The Hall–Kier alpha value is -4.56. The fourth-order valence-electron chi connectivity index (χ4n) is 4.78. The molecule has 1 heterocycles. The van der Waals surface area contributed by atoms with E-state index in [0.717, 1.165) is 51.5 Å². The summed E-state index contributed by atoms with van der Waals surface area (Å²) in [6.07, 6.45) is -6.18. The predicted molar refractivity (Wildman–Crippen MR) is 147 cm³/mol. The second-order valence-electron chi connectivity index (χ2n) is 10.4. The van der Waals surface area contributed by atoms with Crippen LogP contribution in [-0.2, 0) is 47.6 Å². The molecule has 0 radical (unpaired) electrons. The van der Waals surface area contributed by atoms with Gasteiger partial charge < -0.3 is 38.6 Å². The first-order valence-electron chi connectivity index (χ1n) is 13.6. The second kappa shape index (κ2) is 14.3. The zero-order chi connectivity index (χ0) is 32.9. The van der Waals surface area contributed by atoms with Gasteiger partial charge in [0, 0.05) is 33.3 Å². The highest BCUT2D eigenvalue weighted by molar-refractivity contribution is 6.27. The summed E-state index contributed by atoms with van der Waals surface area (Å²) in [4.78, 5) is 74.7. The monoisotopic (exact) mass is 618 g/mol. The molecule has 3 rings (SSSR count). The average Bonchev–Trinajstić information content (AvgIpc) is 2.91. The number of hydrogen-bond donors (Lipinski definition) is 2. The Morgan fingerprint density at radius 1 is 0.818 bits per heavy atom. The van der Waals surface area contributed by atoms with Crippen LogP contribution < -0.4 is 0 Å². The lowest BCUT2D eigenvalue weighted by atomic mass is 9.85. The quantitative estimate of drug-likeness (QED) is 0.167. The van der Waals surface area contributed by atoms with Crippen molar-refractivity contribution in [2.24, 2.45) is 0 Å². The van der Waals surface area contributed by atoms with E-state index in [1.165, 1.54) is 0 Å². The first kappa shape index (κ1) is 33.9. The maximum Gasteiger partial charge on any atom is 0.303 e. The number of ketones is 2. The summed E-state index contributed by atoms with van der Waals surface area (Å²) in [7, 11) is 0. The Bertz CT molecular complexity index is 1400. The van der Waals surface area contributed by atoms with Gasteiger partial charge in [-0.05, 0) is 38.5 Å². The van der Waals surface area contributed by atoms with Crippen LogP contribution >= 0.6 is 0 Å². The number of aromatic hydroxyl groups is 2. The number of phenolic OH excluding ortho intramolecular Hbond substituents is 2. The number of Topliss-reactive ketones (excluding diaryl/α,β-unsaturated/α-hetero) is 1. The standard InChI is InChI=1S/C30H34O14/c1-13(2)7-10-22(18-11-21(37)24-19(35)8-9-20(36)25(24)26(18)38)43-30-29(42-17(6)34)28(41-16(5)33)27(40-15(4)32)23(44-30)12-39-14(3)31/h7-9,11,22-23,27-30,35-36H,10,12H2,1-6H3/t22-,23-,27-,28+,29-,30-/m1/s1. The van der Waals surface area contributed by atoms with Gasteiger partial charge in [0.2, 0.25) is 0 Å². The minimum atomic E-state index is -1.64. The van der Waals surface area contributed by atoms with Crippen LogP contribution in [0.25, 0.3) is 0 Å². The topological polar surface area (TPSA) is 198 Å². The van der Waals surface area contributed by atoms with E-state index >= 15 is 0 Å². The zero-order valence-corrected chi connectivity index (χ0v) is 25.0. The van der Waals surface area contributed by atoms with E-state index in [0.29, 0.717) is 0 Å². The van der Waals surface area contributed by atoms with Gasteiger partial charge in [0.25, 0.3) is 0 Å². The highest BCUT2D eigenvalue weighted by Gasteiger charge is 2.53. The Morgan fingerprint density at radius 3 is 1.91 bits per heavy atom. The first-order chi connectivity index (χ1) is 20.6.